The number of halogens is 6. The Morgan fingerprint density at radius 1 is 1.12 bits per heavy atom. The minimum absolute atomic E-state index is 0.0392. The normalized spacial score (nSPS) is 19.6. The zero-order valence-corrected chi connectivity index (χ0v) is 29.8. The number of likely N-dealkylation sites (tertiary alicyclic amines) is 1. The second kappa shape index (κ2) is 16.8. The van der Waals surface area contributed by atoms with Crippen LogP contribution in [-0.2, 0) is 4.79 Å². The Kier molecular flexibility index (Phi) is 12.5. The van der Waals surface area contributed by atoms with E-state index in [0.29, 0.717) is 5.39 Å². The molecular weight excluding hydrogens is 705 g/mol. The van der Waals surface area contributed by atoms with E-state index in [-0.39, 0.29) is 102 Å². The summed E-state index contributed by atoms with van der Waals surface area (Å²) in [7, 11) is 0. The number of nitrogens with zero attached hydrogens (tertiary/aromatic N) is 7. The van der Waals surface area contributed by atoms with Crippen LogP contribution in [0.5, 0.6) is 6.01 Å². The smallest absolute Gasteiger partial charge is 0.319 e. The van der Waals surface area contributed by atoms with Crippen molar-refractivity contribution < 1.29 is 31.5 Å². The highest BCUT2D eigenvalue weighted by Gasteiger charge is 2.46. The Morgan fingerprint density at radius 3 is 2.50 bits per heavy atom. The van der Waals surface area contributed by atoms with Crippen LogP contribution in [0.25, 0.3) is 32.9 Å². The maximum Gasteiger partial charge on any atom is 0.319 e. The standard InChI is InChI=1S/C33H30ClF5N6O2.C2H3N.C2H6/c1-17(35)32(46)44-11-9-43(10-12-44)31-22-14-40-29(21-4-2-3-18-6-8-23(36)27(34)26(18)21)28(39)30(22)41-33(42-31)47-16-24-19-5-7-20(13-19)45(24)15-25(37)38;1-2-3;1-2/h2-4,6,8,14,19-20,24-25H,1,5,7,9-13,15-16H2;1H3;1-2H3. The molecule has 2 bridgehead atoms. The predicted octanol–water partition coefficient (Wildman–Crippen LogP) is 7.96. The number of alkyl halides is 2. The van der Waals surface area contributed by atoms with Gasteiger partial charge in [0, 0.05) is 62.3 Å². The number of piperazine rings is 1. The summed E-state index contributed by atoms with van der Waals surface area (Å²) in [6.07, 6.45) is 1.51. The Hall–Kier alpha value is -4.61. The number of carbonyl (C=O) groups is 1. The van der Waals surface area contributed by atoms with Crippen molar-refractivity contribution in [1.82, 2.24) is 24.8 Å². The number of nitriles is 1. The van der Waals surface area contributed by atoms with Crippen LogP contribution in [0.2, 0.25) is 5.02 Å². The highest BCUT2D eigenvalue weighted by atomic mass is 35.5. The molecule has 15 heteroatoms. The van der Waals surface area contributed by atoms with Gasteiger partial charge in [-0.2, -0.15) is 15.2 Å². The van der Waals surface area contributed by atoms with Crippen LogP contribution in [0.1, 0.15) is 40.0 Å². The molecule has 0 spiro atoms. The van der Waals surface area contributed by atoms with E-state index in [2.05, 4.69) is 21.5 Å². The van der Waals surface area contributed by atoms with Gasteiger partial charge in [0.05, 0.1) is 23.0 Å². The number of hydrogen-bond acceptors (Lipinski definition) is 8. The van der Waals surface area contributed by atoms with Gasteiger partial charge in [-0.1, -0.05) is 56.3 Å². The van der Waals surface area contributed by atoms with E-state index in [0.717, 1.165) is 19.3 Å². The lowest BCUT2D eigenvalue weighted by atomic mass is 9.99. The Morgan fingerprint density at radius 2 is 1.83 bits per heavy atom. The Balaban J connectivity index is 0.000000995. The first-order chi connectivity index (χ1) is 25.0. The van der Waals surface area contributed by atoms with Gasteiger partial charge in [-0.05, 0) is 36.6 Å². The summed E-state index contributed by atoms with van der Waals surface area (Å²) < 4.78 is 77.6. The van der Waals surface area contributed by atoms with Crippen molar-refractivity contribution in [3.8, 4) is 23.3 Å². The molecule has 2 aliphatic heterocycles. The van der Waals surface area contributed by atoms with Crippen LogP contribution in [0.15, 0.2) is 48.9 Å². The first-order valence-electron chi connectivity index (χ1n) is 17.1. The molecule has 2 aromatic heterocycles. The van der Waals surface area contributed by atoms with E-state index in [1.54, 1.807) is 40.1 Å². The van der Waals surface area contributed by atoms with Gasteiger partial charge in [0.1, 0.15) is 29.5 Å². The summed E-state index contributed by atoms with van der Waals surface area (Å²) in [4.78, 5) is 30.5. The molecule has 1 saturated carbocycles. The zero-order valence-electron chi connectivity index (χ0n) is 29.1. The van der Waals surface area contributed by atoms with E-state index in [4.69, 9.17) is 21.6 Å². The number of pyridine rings is 1. The van der Waals surface area contributed by atoms with Crippen molar-refractivity contribution in [3.63, 3.8) is 0 Å². The topological polar surface area (TPSA) is 98.5 Å². The van der Waals surface area contributed by atoms with E-state index in [1.165, 1.54) is 24.1 Å². The SMILES string of the molecule is C=C(F)C(=O)N1CCN(c2nc(OCC3C4CCC(C4)N3CC(F)F)nc3c(F)c(-c4cccc5ccc(F)c(Cl)c45)ncc23)CC1.CC.CC#N. The van der Waals surface area contributed by atoms with Crippen LogP contribution in [0.4, 0.5) is 27.8 Å². The first kappa shape index (κ1) is 38.6. The van der Waals surface area contributed by atoms with E-state index in [9.17, 15) is 22.4 Å². The highest BCUT2D eigenvalue weighted by molar-refractivity contribution is 6.36. The molecule has 3 fully saturated rings. The molecule has 0 radical (unpaired) electrons. The van der Waals surface area contributed by atoms with Gasteiger partial charge in [-0.3, -0.25) is 14.7 Å². The predicted molar refractivity (Wildman–Crippen MR) is 190 cm³/mol. The number of ether oxygens (including phenoxy) is 1. The molecule has 1 amide bonds. The summed E-state index contributed by atoms with van der Waals surface area (Å²) in [6, 6.07) is 9.18. The van der Waals surface area contributed by atoms with Gasteiger partial charge in [-0.15, -0.1) is 0 Å². The van der Waals surface area contributed by atoms with E-state index in [1.807, 2.05) is 13.8 Å². The minimum atomic E-state index is -2.49. The molecule has 276 valence electrons. The zero-order chi connectivity index (χ0) is 37.7. The molecule has 3 unspecified atom stereocenters. The molecule has 0 N–H and O–H groups in total. The lowest BCUT2D eigenvalue weighted by Gasteiger charge is -2.36. The fourth-order valence-electron chi connectivity index (χ4n) is 7.33. The number of rotatable bonds is 8. The van der Waals surface area contributed by atoms with Gasteiger partial charge in [0.2, 0.25) is 0 Å². The van der Waals surface area contributed by atoms with Crippen LogP contribution in [0, 0.1) is 28.9 Å². The third kappa shape index (κ3) is 7.76. The lowest BCUT2D eigenvalue weighted by Crippen LogP contribution is -2.49. The maximum atomic E-state index is 16.6. The summed E-state index contributed by atoms with van der Waals surface area (Å²) in [6.45, 7) is 8.99. The quantitative estimate of drug-likeness (QED) is 0.133. The third-order valence-electron chi connectivity index (χ3n) is 9.55. The molecule has 4 aromatic rings. The van der Waals surface area contributed by atoms with Crippen molar-refractivity contribution in [1.29, 1.82) is 5.26 Å². The van der Waals surface area contributed by atoms with E-state index < -0.39 is 29.8 Å². The summed E-state index contributed by atoms with van der Waals surface area (Å²) in [5.41, 5.74) is 0.0315. The van der Waals surface area contributed by atoms with Crippen LogP contribution >= 0.6 is 11.6 Å². The monoisotopic (exact) mass is 743 g/mol. The number of amides is 1. The molecule has 4 heterocycles. The number of piperidine rings is 1. The van der Waals surface area contributed by atoms with Crippen molar-refractivity contribution >= 4 is 45.0 Å². The van der Waals surface area contributed by atoms with Crippen LogP contribution in [0.3, 0.4) is 0 Å². The second-order valence-electron chi connectivity index (χ2n) is 12.4. The minimum Gasteiger partial charge on any atom is -0.462 e. The van der Waals surface area contributed by atoms with Crippen molar-refractivity contribution in [3.05, 3.63) is 65.6 Å². The van der Waals surface area contributed by atoms with Gasteiger partial charge in [-0.25, -0.2) is 22.0 Å². The highest BCUT2D eigenvalue weighted by Crippen LogP contribution is 2.43. The summed E-state index contributed by atoms with van der Waals surface area (Å²) >= 11 is 6.35. The number of fused-ring (bicyclic) bond motifs is 4. The lowest BCUT2D eigenvalue weighted by molar-refractivity contribution is -0.128. The average molecular weight is 744 g/mol. The molecule has 9 nitrogen and oxygen atoms in total. The van der Waals surface area contributed by atoms with E-state index >= 15 is 4.39 Å². The summed E-state index contributed by atoms with van der Waals surface area (Å²) in [5.74, 6) is -2.86. The van der Waals surface area contributed by atoms with Crippen LogP contribution in [-0.4, -0.2) is 88.5 Å². The number of hydrogen-bond donors (Lipinski definition) is 0. The fraction of sp³-hybridized carbons (Fsp3) is 0.432. The average Bonchev–Trinajstić information content (AvgIpc) is 3.75. The number of benzene rings is 2. The largest absolute Gasteiger partial charge is 0.462 e. The van der Waals surface area contributed by atoms with Gasteiger partial charge in [0.25, 0.3) is 12.3 Å². The Bertz CT molecular complexity index is 1990. The molecule has 3 atom stereocenters. The maximum absolute atomic E-state index is 16.6. The number of aromatic nitrogens is 3. The van der Waals surface area contributed by atoms with Crippen molar-refractivity contribution in [2.24, 2.45) is 5.92 Å². The second-order valence-corrected chi connectivity index (χ2v) is 12.8. The molecule has 52 heavy (non-hydrogen) atoms. The van der Waals surface area contributed by atoms with Crippen molar-refractivity contribution in [2.75, 3.05) is 44.2 Å². The van der Waals surface area contributed by atoms with Gasteiger partial charge in [0.15, 0.2) is 11.6 Å². The number of carbonyl (C=O) groups excluding carboxylic acids is 1. The first-order valence-corrected chi connectivity index (χ1v) is 17.5. The molecule has 1 aliphatic carbocycles. The molecule has 2 saturated heterocycles. The van der Waals surface area contributed by atoms with Gasteiger partial charge >= 0.3 is 6.01 Å². The molecular formula is C37H39ClF5N7O2. The Labute approximate surface area is 303 Å². The third-order valence-corrected chi connectivity index (χ3v) is 9.92. The van der Waals surface area contributed by atoms with Gasteiger partial charge < -0.3 is 14.5 Å². The fourth-order valence-corrected chi connectivity index (χ4v) is 7.61. The molecule has 2 aromatic carbocycles. The number of anilines is 1. The molecule has 7 rings (SSSR count). The van der Waals surface area contributed by atoms with Crippen LogP contribution < -0.4 is 9.64 Å². The molecule has 3 aliphatic rings. The summed E-state index contributed by atoms with van der Waals surface area (Å²) in [5, 5.41) is 8.28. The van der Waals surface area contributed by atoms with Crippen molar-refractivity contribution in [2.45, 2.75) is 58.5 Å².